The van der Waals surface area contributed by atoms with E-state index in [9.17, 15) is 4.39 Å². The Hall–Kier alpha value is -0.930. The number of nitrogens with one attached hydrogen (secondary N) is 2. The van der Waals surface area contributed by atoms with Gasteiger partial charge in [0.25, 0.3) is 0 Å². The van der Waals surface area contributed by atoms with E-state index in [0.29, 0.717) is 12.6 Å². The van der Waals surface area contributed by atoms with Crippen LogP contribution >= 0.6 is 24.0 Å². The summed E-state index contributed by atoms with van der Waals surface area (Å²) in [6.07, 6.45) is 2.76. The monoisotopic (exact) mass is 462 g/mol. The molecule has 5 nitrogen and oxygen atoms in total. The van der Waals surface area contributed by atoms with E-state index in [1.54, 1.807) is 12.1 Å². The highest BCUT2D eigenvalue weighted by atomic mass is 127. The molecule has 0 aliphatic carbocycles. The van der Waals surface area contributed by atoms with Crippen molar-refractivity contribution in [2.75, 3.05) is 32.8 Å². The first kappa shape index (κ1) is 20.4. The van der Waals surface area contributed by atoms with E-state index in [0.717, 1.165) is 37.8 Å². The van der Waals surface area contributed by atoms with Gasteiger partial charge in [-0.05, 0) is 44.0 Å². The molecular formula is C18H28FIN4O. The number of benzene rings is 1. The molecular weight excluding hydrogens is 434 g/mol. The summed E-state index contributed by atoms with van der Waals surface area (Å²) in [6, 6.07) is 7.09. The van der Waals surface area contributed by atoms with Crippen LogP contribution in [-0.2, 0) is 11.3 Å². The molecule has 1 aromatic rings. The zero-order valence-electron chi connectivity index (χ0n) is 14.7. The van der Waals surface area contributed by atoms with Crippen molar-refractivity contribution in [3.63, 3.8) is 0 Å². The first-order chi connectivity index (χ1) is 11.7. The van der Waals surface area contributed by atoms with E-state index in [-0.39, 0.29) is 35.9 Å². The number of hydrogen-bond acceptors (Lipinski definition) is 3. The van der Waals surface area contributed by atoms with Crippen molar-refractivity contribution in [1.82, 2.24) is 15.5 Å². The van der Waals surface area contributed by atoms with Gasteiger partial charge in [0, 0.05) is 25.7 Å². The largest absolute Gasteiger partial charge is 0.373 e. The third-order valence-electron chi connectivity index (χ3n) is 4.64. The standard InChI is InChI=1S/C18H27FN4O.HI/c1-2-20-18(21-10-14-5-7-15(19)8-6-14)22-11-17-12-23-9-3-4-16(23)13-24-17;/h5-8,16-17H,2-4,9-13H2,1H3,(H2,20,21,22);1H. The maximum Gasteiger partial charge on any atom is 0.191 e. The van der Waals surface area contributed by atoms with Gasteiger partial charge < -0.3 is 15.4 Å². The molecule has 2 heterocycles. The van der Waals surface area contributed by atoms with Gasteiger partial charge in [-0.15, -0.1) is 24.0 Å². The Balaban J connectivity index is 0.00000225. The van der Waals surface area contributed by atoms with E-state index in [1.165, 1.54) is 31.5 Å². The molecule has 7 heteroatoms. The van der Waals surface area contributed by atoms with Crippen LogP contribution < -0.4 is 10.6 Å². The van der Waals surface area contributed by atoms with Crippen LogP contribution in [0, 0.1) is 5.82 Å². The van der Waals surface area contributed by atoms with Crippen LogP contribution in [0.4, 0.5) is 4.39 Å². The Bertz CT molecular complexity index is 555. The number of halogens is 2. The molecule has 2 fully saturated rings. The molecule has 2 saturated heterocycles. The van der Waals surface area contributed by atoms with Crippen LogP contribution in [0.3, 0.4) is 0 Å². The van der Waals surface area contributed by atoms with Crippen molar-refractivity contribution < 1.29 is 9.13 Å². The van der Waals surface area contributed by atoms with Crippen molar-refractivity contribution >= 4 is 29.9 Å². The lowest BCUT2D eigenvalue weighted by Gasteiger charge is -2.35. The van der Waals surface area contributed by atoms with Gasteiger partial charge in [-0.2, -0.15) is 0 Å². The quantitative estimate of drug-likeness (QED) is 0.401. The molecule has 0 saturated carbocycles. The maximum atomic E-state index is 12.9. The zero-order chi connectivity index (χ0) is 16.8. The fourth-order valence-corrected chi connectivity index (χ4v) is 3.32. The SMILES string of the molecule is CCNC(=NCc1ccc(F)cc1)NCC1CN2CCCC2CO1.I. The van der Waals surface area contributed by atoms with Gasteiger partial charge in [0.2, 0.25) is 0 Å². The normalized spacial score (nSPS) is 23.7. The molecule has 0 radical (unpaired) electrons. The summed E-state index contributed by atoms with van der Waals surface area (Å²) >= 11 is 0. The van der Waals surface area contributed by atoms with E-state index in [4.69, 9.17) is 4.74 Å². The van der Waals surface area contributed by atoms with Crippen LogP contribution in [0.1, 0.15) is 25.3 Å². The maximum absolute atomic E-state index is 12.9. The van der Waals surface area contributed by atoms with Gasteiger partial charge in [-0.25, -0.2) is 9.38 Å². The number of aliphatic imine (C=N–C) groups is 1. The van der Waals surface area contributed by atoms with Gasteiger partial charge >= 0.3 is 0 Å². The molecule has 0 amide bonds. The molecule has 0 aromatic heterocycles. The highest BCUT2D eigenvalue weighted by Gasteiger charge is 2.32. The van der Waals surface area contributed by atoms with Crippen LogP contribution in [0.5, 0.6) is 0 Å². The summed E-state index contributed by atoms with van der Waals surface area (Å²) < 4.78 is 18.9. The minimum absolute atomic E-state index is 0. The van der Waals surface area contributed by atoms with E-state index >= 15 is 0 Å². The second-order valence-electron chi connectivity index (χ2n) is 6.45. The van der Waals surface area contributed by atoms with E-state index < -0.39 is 0 Å². The topological polar surface area (TPSA) is 48.9 Å². The lowest BCUT2D eigenvalue weighted by molar-refractivity contribution is -0.0453. The lowest BCUT2D eigenvalue weighted by Crippen LogP contribution is -2.51. The number of morpholine rings is 1. The molecule has 1 aromatic carbocycles. The molecule has 2 aliphatic rings. The van der Waals surface area contributed by atoms with Crippen molar-refractivity contribution in [3.8, 4) is 0 Å². The minimum Gasteiger partial charge on any atom is -0.373 e. The van der Waals surface area contributed by atoms with Crippen LogP contribution in [-0.4, -0.2) is 55.8 Å². The first-order valence-electron chi connectivity index (χ1n) is 8.87. The average molecular weight is 462 g/mol. The van der Waals surface area contributed by atoms with Gasteiger partial charge in [-0.1, -0.05) is 12.1 Å². The molecule has 2 unspecified atom stereocenters. The summed E-state index contributed by atoms with van der Waals surface area (Å²) in [5.41, 5.74) is 0.988. The van der Waals surface area contributed by atoms with Crippen molar-refractivity contribution in [2.24, 2.45) is 4.99 Å². The summed E-state index contributed by atoms with van der Waals surface area (Å²) in [6.45, 7) is 7.15. The van der Waals surface area contributed by atoms with Gasteiger partial charge in [0.15, 0.2) is 5.96 Å². The number of hydrogen-bond donors (Lipinski definition) is 2. The fraction of sp³-hybridized carbons (Fsp3) is 0.611. The smallest absolute Gasteiger partial charge is 0.191 e. The number of ether oxygens (including phenoxy) is 1. The average Bonchev–Trinajstić information content (AvgIpc) is 3.06. The summed E-state index contributed by atoms with van der Waals surface area (Å²) in [5.74, 6) is 0.552. The van der Waals surface area contributed by atoms with Gasteiger partial charge in [0.1, 0.15) is 5.82 Å². The number of guanidine groups is 1. The number of rotatable bonds is 5. The van der Waals surface area contributed by atoms with E-state index in [2.05, 4.69) is 20.5 Å². The molecule has 2 atom stereocenters. The van der Waals surface area contributed by atoms with Crippen molar-refractivity contribution in [1.29, 1.82) is 0 Å². The Labute approximate surface area is 166 Å². The highest BCUT2D eigenvalue weighted by molar-refractivity contribution is 14.0. The number of fused-ring (bicyclic) bond motifs is 1. The van der Waals surface area contributed by atoms with Gasteiger partial charge in [0.05, 0.1) is 19.3 Å². The number of nitrogens with zero attached hydrogens (tertiary/aromatic N) is 2. The molecule has 3 rings (SSSR count). The Kier molecular flexibility index (Phi) is 8.38. The second kappa shape index (κ2) is 10.3. The molecule has 25 heavy (non-hydrogen) atoms. The van der Waals surface area contributed by atoms with Crippen LogP contribution in [0.15, 0.2) is 29.3 Å². The predicted octanol–water partition coefficient (Wildman–Crippen LogP) is 2.36. The fourth-order valence-electron chi connectivity index (χ4n) is 3.32. The highest BCUT2D eigenvalue weighted by Crippen LogP contribution is 2.22. The summed E-state index contributed by atoms with van der Waals surface area (Å²) in [5, 5.41) is 6.61. The summed E-state index contributed by atoms with van der Waals surface area (Å²) in [7, 11) is 0. The van der Waals surface area contributed by atoms with Crippen molar-refractivity contribution in [3.05, 3.63) is 35.6 Å². The molecule has 2 aliphatic heterocycles. The molecule has 0 spiro atoms. The Morgan fingerprint density at radius 2 is 2.12 bits per heavy atom. The van der Waals surface area contributed by atoms with Gasteiger partial charge in [-0.3, -0.25) is 4.90 Å². The zero-order valence-corrected chi connectivity index (χ0v) is 17.0. The Morgan fingerprint density at radius 1 is 1.32 bits per heavy atom. The Morgan fingerprint density at radius 3 is 2.88 bits per heavy atom. The molecule has 140 valence electrons. The molecule has 0 bridgehead atoms. The third kappa shape index (κ3) is 6.07. The van der Waals surface area contributed by atoms with E-state index in [1.807, 2.05) is 6.92 Å². The lowest BCUT2D eigenvalue weighted by atomic mass is 10.2. The molecule has 2 N–H and O–H groups in total. The van der Waals surface area contributed by atoms with Crippen LogP contribution in [0.2, 0.25) is 0 Å². The second-order valence-corrected chi connectivity index (χ2v) is 6.45. The first-order valence-corrected chi connectivity index (χ1v) is 8.87. The van der Waals surface area contributed by atoms with Crippen molar-refractivity contribution in [2.45, 2.75) is 38.5 Å². The third-order valence-corrected chi connectivity index (χ3v) is 4.64. The van der Waals surface area contributed by atoms with Crippen LogP contribution in [0.25, 0.3) is 0 Å². The summed E-state index contributed by atoms with van der Waals surface area (Å²) in [4.78, 5) is 7.11. The minimum atomic E-state index is -0.220. The predicted molar refractivity (Wildman–Crippen MR) is 109 cm³/mol.